The number of nitrogens with zero attached hydrogens (tertiary/aromatic N) is 1. The molecule has 1 aliphatic heterocycles. The summed E-state index contributed by atoms with van der Waals surface area (Å²) in [5, 5.41) is 0.956. The lowest BCUT2D eigenvalue weighted by molar-refractivity contribution is -0.133. The third-order valence-corrected chi connectivity index (χ3v) is 7.66. The molecule has 1 atom stereocenters. The highest BCUT2D eigenvalue weighted by Crippen LogP contribution is 2.26. The van der Waals surface area contributed by atoms with E-state index in [2.05, 4.69) is 13.0 Å². The van der Waals surface area contributed by atoms with E-state index in [4.69, 9.17) is 4.42 Å². The minimum absolute atomic E-state index is 0.0384. The molecule has 2 aromatic carbocycles. The summed E-state index contributed by atoms with van der Waals surface area (Å²) in [4.78, 5) is 15.1. The summed E-state index contributed by atoms with van der Waals surface area (Å²) in [5.74, 6) is 0.114. The van der Waals surface area contributed by atoms with E-state index in [1.807, 2.05) is 43.3 Å². The van der Waals surface area contributed by atoms with Crippen molar-refractivity contribution in [1.29, 1.82) is 0 Å². The standard InChI is InChI=1S/C24H27NO4S/c1-3-18-8-9-23-22(12-18)20(15-29-23)13-24(26)25(21-10-11-30(27,28)16-21)14-19-6-4-17(2)5-7-19/h4-9,12,15,21H,3,10-11,13-14,16H2,1-2H3. The smallest absolute Gasteiger partial charge is 0.227 e. The first kappa shape index (κ1) is 20.7. The molecular formula is C24H27NO4S. The van der Waals surface area contributed by atoms with Crippen LogP contribution in [0.25, 0.3) is 11.0 Å². The van der Waals surface area contributed by atoms with Crippen molar-refractivity contribution in [1.82, 2.24) is 4.90 Å². The molecule has 6 heteroatoms. The van der Waals surface area contributed by atoms with E-state index in [1.165, 1.54) is 5.56 Å². The zero-order valence-corrected chi connectivity index (χ0v) is 18.2. The number of rotatable bonds is 6. The highest BCUT2D eigenvalue weighted by Gasteiger charge is 2.34. The van der Waals surface area contributed by atoms with E-state index >= 15 is 0 Å². The minimum atomic E-state index is -3.09. The first-order valence-electron chi connectivity index (χ1n) is 10.4. The Labute approximate surface area is 177 Å². The molecular weight excluding hydrogens is 398 g/mol. The molecule has 0 N–H and O–H groups in total. The maximum Gasteiger partial charge on any atom is 0.227 e. The van der Waals surface area contributed by atoms with Crippen molar-refractivity contribution < 1.29 is 17.6 Å². The van der Waals surface area contributed by atoms with Crippen molar-refractivity contribution in [2.45, 2.75) is 45.7 Å². The number of aryl methyl sites for hydroxylation is 2. The number of benzene rings is 2. The molecule has 1 unspecified atom stereocenters. The quantitative estimate of drug-likeness (QED) is 0.597. The van der Waals surface area contributed by atoms with E-state index in [9.17, 15) is 13.2 Å². The van der Waals surface area contributed by atoms with Crippen molar-refractivity contribution >= 4 is 26.7 Å². The van der Waals surface area contributed by atoms with Gasteiger partial charge in [-0.1, -0.05) is 42.8 Å². The molecule has 30 heavy (non-hydrogen) atoms. The zero-order valence-electron chi connectivity index (χ0n) is 17.4. The van der Waals surface area contributed by atoms with Gasteiger partial charge in [0.05, 0.1) is 24.2 Å². The largest absolute Gasteiger partial charge is 0.464 e. The first-order valence-corrected chi connectivity index (χ1v) is 12.2. The molecule has 1 aliphatic rings. The number of carbonyl (C=O) groups excluding carboxylic acids is 1. The van der Waals surface area contributed by atoms with Crippen molar-refractivity contribution in [3.63, 3.8) is 0 Å². The Hall–Kier alpha value is -2.60. The van der Waals surface area contributed by atoms with Gasteiger partial charge in [0.25, 0.3) is 0 Å². The predicted molar refractivity (Wildman–Crippen MR) is 118 cm³/mol. The average molecular weight is 426 g/mol. The molecule has 2 heterocycles. The Morgan fingerprint density at radius 2 is 1.87 bits per heavy atom. The third kappa shape index (κ3) is 4.43. The molecule has 1 fully saturated rings. The van der Waals surface area contributed by atoms with Gasteiger partial charge in [0.2, 0.25) is 5.91 Å². The summed E-state index contributed by atoms with van der Waals surface area (Å²) < 4.78 is 29.8. The highest BCUT2D eigenvalue weighted by atomic mass is 32.2. The molecule has 1 saturated heterocycles. The van der Waals surface area contributed by atoms with Crippen LogP contribution in [0, 0.1) is 6.92 Å². The van der Waals surface area contributed by atoms with E-state index in [-0.39, 0.29) is 29.9 Å². The average Bonchev–Trinajstić information content (AvgIpc) is 3.29. The Morgan fingerprint density at radius 3 is 2.53 bits per heavy atom. The summed E-state index contributed by atoms with van der Waals surface area (Å²) in [7, 11) is -3.09. The Morgan fingerprint density at radius 1 is 1.13 bits per heavy atom. The Kier molecular flexibility index (Phi) is 5.69. The molecule has 0 aliphatic carbocycles. The van der Waals surface area contributed by atoms with Crippen LogP contribution in [-0.4, -0.2) is 36.8 Å². The first-order chi connectivity index (χ1) is 14.3. The summed E-state index contributed by atoms with van der Waals surface area (Å²) in [5.41, 5.74) is 4.96. The number of hydrogen-bond acceptors (Lipinski definition) is 4. The summed E-state index contributed by atoms with van der Waals surface area (Å²) >= 11 is 0. The number of sulfone groups is 1. The number of amides is 1. The van der Waals surface area contributed by atoms with Crippen LogP contribution < -0.4 is 0 Å². The van der Waals surface area contributed by atoms with Gasteiger partial charge < -0.3 is 9.32 Å². The van der Waals surface area contributed by atoms with E-state index in [0.29, 0.717) is 13.0 Å². The van der Waals surface area contributed by atoms with E-state index < -0.39 is 9.84 Å². The van der Waals surface area contributed by atoms with Crippen LogP contribution >= 0.6 is 0 Å². The van der Waals surface area contributed by atoms with Crippen molar-refractivity contribution in [3.05, 3.63) is 71.0 Å². The molecule has 1 amide bonds. The third-order valence-electron chi connectivity index (χ3n) is 5.91. The lowest BCUT2D eigenvalue weighted by atomic mass is 10.0. The second-order valence-corrected chi connectivity index (χ2v) is 10.4. The fraction of sp³-hybridized carbons (Fsp3) is 0.375. The summed E-state index contributed by atoms with van der Waals surface area (Å²) in [6.45, 7) is 4.52. The van der Waals surface area contributed by atoms with Gasteiger partial charge in [0, 0.05) is 23.5 Å². The molecule has 0 saturated carbocycles. The van der Waals surface area contributed by atoms with Gasteiger partial charge in [-0.3, -0.25) is 4.79 Å². The summed E-state index contributed by atoms with van der Waals surface area (Å²) in [6, 6.07) is 13.8. The maximum absolute atomic E-state index is 13.4. The second-order valence-electron chi connectivity index (χ2n) is 8.19. The van der Waals surface area contributed by atoms with Gasteiger partial charge in [-0.2, -0.15) is 0 Å². The van der Waals surface area contributed by atoms with E-state index in [0.717, 1.165) is 34.1 Å². The molecule has 4 rings (SSSR count). The number of furan rings is 1. The second kappa shape index (κ2) is 8.26. The molecule has 158 valence electrons. The zero-order chi connectivity index (χ0) is 21.3. The van der Waals surface area contributed by atoms with Gasteiger partial charge in [-0.05, 0) is 43.0 Å². The lowest BCUT2D eigenvalue weighted by Gasteiger charge is -2.28. The Balaban J connectivity index is 1.61. The topological polar surface area (TPSA) is 67.6 Å². The van der Waals surface area contributed by atoms with Crippen LogP contribution in [0.15, 0.2) is 53.1 Å². The fourth-order valence-corrected chi connectivity index (χ4v) is 5.81. The molecule has 1 aromatic heterocycles. The van der Waals surface area contributed by atoms with Gasteiger partial charge in [0.1, 0.15) is 5.58 Å². The Bertz CT molecular complexity index is 1160. The number of carbonyl (C=O) groups is 1. The van der Waals surface area contributed by atoms with Crippen LogP contribution in [0.4, 0.5) is 0 Å². The molecule has 0 radical (unpaired) electrons. The molecule has 3 aromatic rings. The normalized spacial score (nSPS) is 18.0. The van der Waals surface area contributed by atoms with E-state index in [1.54, 1.807) is 11.2 Å². The predicted octanol–water partition coefficient (Wildman–Crippen LogP) is 4.06. The van der Waals surface area contributed by atoms with Gasteiger partial charge in [0.15, 0.2) is 9.84 Å². The molecule has 0 spiro atoms. The number of hydrogen-bond donors (Lipinski definition) is 0. The van der Waals surface area contributed by atoms with Gasteiger partial charge >= 0.3 is 0 Å². The van der Waals surface area contributed by atoms with Crippen LogP contribution in [0.1, 0.15) is 35.6 Å². The van der Waals surface area contributed by atoms with Crippen LogP contribution in [0.5, 0.6) is 0 Å². The van der Waals surface area contributed by atoms with Crippen LogP contribution in [0.3, 0.4) is 0 Å². The van der Waals surface area contributed by atoms with Crippen molar-refractivity contribution in [2.24, 2.45) is 0 Å². The fourth-order valence-electron chi connectivity index (χ4n) is 4.08. The lowest BCUT2D eigenvalue weighted by Crippen LogP contribution is -2.41. The van der Waals surface area contributed by atoms with Crippen LogP contribution in [-0.2, 0) is 34.0 Å². The highest BCUT2D eigenvalue weighted by molar-refractivity contribution is 7.91. The van der Waals surface area contributed by atoms with Crippen molar-refractivity contribution in [3.8, 4) is 0 Å². The van der Waals surface area contributed by atoms with Crippen LogP contribution in [0.2, 0.25) is 0 Å². The van der Waals surface area contributed by atoms with Crippen molar-refractivity contribution in [2.75, 3.05) is 11.5 Å². The molecule has 5 nitrogen and oxygen atoms in total. The molecule has 0 bridgehead atoms. The monoisotopic (exact) mass is 425 g/mol. The van der Waals surface area contributed by atoms with Gasteiger partial charge in [-0.25, -0.2) is 8.42 Å². The minimum Gasteiger partial charge on any atom is -0.464 e. The SMILES string of the molecule is CCc1ccc2occ(CC(=O)N(Cc3ccc(C)cc3)C3CCS(=O)(=O)C3)c2c1. The summed E-state index contributed by atoms with van der Waals surface area (Å²) in [6.07, 6.45) is 3.25. The van der Waals surface area contributed by atoms with Gasteiger partial charge in [-0.15, -0.1) is 0 Å². The number of fused-ring (bicyclic) bond motifs is 1. The maximum atomic E-state index is 13.4.